The monoisotopic (exact) mass is 273 g/mol. The molecule has 7 heteroatoms. The van der Waals surface area contributed by atoms with Gasteiger partial charge in [0.15, 0.2) is 0 Å². The average molecular weight is 273 g/mol. The van der Waals surface area contributed by atoms with Crippen LogP contribution in [0.1, 0.15) is 17.3 Å². The Hall–Kier alpha value is -1.76. The van der Waals surface area contributed by atoms with E-state index in [1.54, 1.807) is 6.07 Å². The quantitative estimate of drug-likeness (QED) is 0.784. The van der Waals surface area contributed by atoms with Crippen molar-refractivity contribution in [2.45, 2.75) is 13.3 Å². The molecule has 0 spiro atoms. The van der Waals surface area contributed by atoms with Gasteiger partial charge in [-0.3, -0.25) is 4.79 Å². The molecule has 1 aromatic rings. The lowest BCUT2D eigenvalue weighted by Gasteiger charge is -2.21. The number of halogens is 2. The highest BCUT2D eigenvalue weighted by Crippen LogP contribution is 2.09. The minimum absolute atomic E-state index is 0.127. The van der Waals surface area contributed by atoms with E-state index in [2.05, 4.69) is 10.3 Å². The van der Waals surface area contributed by atoms with Gasteiger partial charge < -0.3 is 15.3 Å². The predicted molar refractivity (Wildman–Crippen MR) is 67.4 cm³/mol. The minimum atomic E-state index is -2.63. The second-order valence-corrected chi connectivity index (χ2v) is 3.83. The SMILES string of the molecule is CCNc1ccc(C(=O)N(CCO)CC(F)F)cn1. The largest absolute Gasteiger partial charge is 0.395 e. The molecule has 1 heterocycles. The van der Waals surface area contributed by atoms with Crippen molar-refractivity contribution in [2.75, 3.05) is 31.6 Å². The number of carbonyl (C=O) groups excluding carboxylic acids is 1. The van der Waals surface area contributed by atoms with Crippen LogP contribution in [-0.4, -0.2) is 53.6 Å². The van der Waals surface area contributed by atoms with Gasteiger partial charge in [-0.25, -0.2) is 13.8 Å². The smallest absolute Gasteiger partial charge is 0.255 e. The highest BCUT2D eigenvalue weighted by Gasteiger charge is 2.19. The first-order valence-electron chi connectivity index (χ1n) is 5.96. The van der Waals surface area contributed by atoms with Crippen molar-refractivity contribution in [3.8, 4) is 0 Å². The van der Waals surface area contributed by atoms with E-state index in [-0.39, 0.29) is 18.7 Å². The molecule has 1 rings (SSSR count). The fourth-order valence-corrected chi connectivity index (χ4v) is 1.55. The number of aromatic nitrogens is 1. The number of alkyl halides is 2. The van der Waals surface area contributed by atoms with Crippen LogP contribution < -0.4 is 5.32 Å². The maximum Gasteiger partial charge on any atom is 0.255 e. The maximum absolute atomic E-state index is 12.3. The van der Waals surface area contributed by atoms with Gasteiger partial charge >= 0.3 is 0 Å². The van der Waals surface area contributed by atoms with Gasteiger partial charge in [-0.05, 0) is 19.1 Å². The second-order valence-electron chi connectivity index (χ2n) is 3.83. The van der Waals surface area contributed by atoms with E-state index < -0.39 is 18.9 Å². The van der Waals surface area contributed by atoms with Crippen molar-refractivity contribution in [3.05, 3.63) is 23.9 Å². The summed E-state index contributed by atoms with van der Waals surface area (Å²) in [6.07, 6.45) is -1.31. The molecule has 0 aromatic carbocycles. The van der Waals surface area contributed by atoms with Crippen LogP contribution in [0.4, 0.5) is 14.6 Å². The van der Waals surface area contributed by atoms with Crippen molar-refractivity contribution in [3.63, 3.8) is 0 Å². The number of anilines is 1. The minimum Gasteiger partial charge on any atom is -0.395 e. The normalized spacial score (nSPS) is 10.6. The van der Waals surface area contributed by atoms with Crippen molar-refractivity contribution in [1.82, 2.24) is 9.88 Å². The van der Waals surface area contributed by atoms with Crippen LogP contribution in [0, 0.1) is 0 Å². The zero-order valence-corrected chi connectivity index (χ0v) is 10.6. The number of amides is 1. The van der Waals surface area contributed by atoms with Crippen molar-refractivity contribution in [2.24, 2.45) is 0 Å². The number of hydrogen-bond donors (Lipinski definition) is 2. The Morgan fingerprint density at radius 2 is 2.26 bits per heavy atom. The number of rotatable bonds is 7. The van der Waals surface area contributed by atoms with Gasteiger partial charge in [0.25, 0.3) is 12.3 Å². The fourth-order valence-electron chi connectivity index (χ4n) is 1.55. The van der Waals surface area contributed by atoms with Crippen LogP contribution in [-0.2, 0) is 0 Å². The lowest BCUT2D eigenvalue weighted by molar-refractivity contribution is 0.0509. The zero-order valence-electron chi connectivity index (χ0n) is 10.6. The van der Waals surface area contributed by atoms with E-state index >= 15 is 0 Å². The molecule has 0 aliphatic rings. The molecule has 5 nitrogen and oxygen atoms in total. The molecule has 0 saturated carbocycles. The van der Waals surface area contributed by atoms with Crippen LogP contribution in [0.5, 0.6) is 0 Å². The van der Waals surface area contributed by atoms with Crippen LogP contribution in [0.3, 0.4) is 0 Å². The molecule has 1 amide bonds. The third-order valence-corrected chi connectivity index (χ3v) is 2.38. The summed E-state index contributed by atoms with van der Waals surface area (Å²) in [5.74, 6) is 0.0477. The Labute approximate surface area is 110 Å². The fraction of sp³-hybridized carbons (Fsp3) is 0.500. The molecule has 0 fully saturated rings. The molecule has 0 atom stereocenters. The molecule has 2 N–H and O–H groups in total. The highest BCUT2D eigenvalue weighted by atomic mass is 19.3. The van der Waals surface area contributed by atoms with Gasteiger partial charge in [0.2, 0.25) is 0 Å². The van der Waals surface area contributed by atoms with Crippen LogP contribution in [0.25, 0.3) is 0 Å². The van der Waals surface area contributed by atoms with Gasteiger partial charge in [-0.15, -0.1) is 0 Å². The summed E-state index contributed by atoms with van der Waals surface area (Å²) in [6.45, 7) is 1.42. The summed E-state index contributed by atoms with van der Waals surface area (Å²) in [4.78, 5) is 16.9. The predicted octanol–water partition coefficient (Wildman–Crippen LogP) is 1.21. The first-order valence-corrected chi connectivity index (χ1v) is 5.96. The maximum atomic E-state index is 12.3. The molecule has 0 saturated heterocycles. The van der Waals surface area contributed by atoms with Gasteiger partial charge in [0.1, 0.15) is 5.82 Å². The summed E-state index contributed by atoms with van der Waals surface area (Å²) in [5, 5.41) is 11.8. The zero-order chi connectivity index (χ0) is 14.3. The van der Waals surface area contributed by atoms with E-state index in [1.165, 1.54) is 12.3 Å². The van der Waals surface area contributed by atoms with Crippen molar-refractivity contribution < 1.29 is 18.7 Å². The molecule has 0 aliphatic heterocycles. The number of aliphatic hydroxyl groups excluding tert-OH is 1. The van der Waals surface area contributed by atoms with Crippen molar-refractivity contribution in [1.29, 1.82) is 0 Å². The lowest BCUT2D eigenvalue weighted by Crippen LogP contribution is -2.37. The van der Waals surface area contributed by atoms with Gasteiger partial charge in [-0.2, -0.15) is 0 Å². The Balaban J connectivity index is 2.77. The summed E-state index contributed by atoms with van der Waals surface area (Å²) < 4.78 is 24.7. The third-order valence-electron chi connectivity index (χ3n) is 2.38. The van der Waals surface area contributed by atoms with Crippen LogP contribution in [0.2, 0.25) is 0 Å². The lowest BCUT2D eigenvalue weighted by atomic mass is 10.2. The summed E-state index contributed by atoms with van der Waals surface area (Å²) in [7, 11) is 0. The molecule has 0 aliphatic carbocycles. The number of pyridine rings is 1. The molecule has 0 unspecified atom stereocenters. The molecule has 1 aromatic heterocycles. The number of carbonyl (C=O) groups is 1. The number of nitrogens with one attached hydrogen (secondary N) is 1. The Morgan fingerprint density at radius 3 is 2.74 bits per heavy atom. The molecule has 0 radical (unpaired) electrons. The van der Waals surface area contributed by atoms with E-state index in [0.717, 1.165) is 4.90 Å². The van der Waals surface area contributed by atoms with Gasteiger partial charge in [0, 0.05) is 19.3 Å². The molecule has 0 bridgehead atoms. The van der Waals surface area contributed by atoms with Crippen molar-refractivity contribution >= 4 is 11.7 Å². The third kappa shape index (κ3) is 4.78. The standard InChI is InChI=1S/C12H17F2N3O2/c1-2-15-11-4-3-9(7-16-11)12(19)17(5-6-18)8-10(13)14/h3-4,7,10,18H,2,5-6,8H2,1H3,(H,15,16). The highest BCUT2D eigenvalue weighted by molar-refractivity contribution is 5.94. The van der Waals surface area contributed by atoms with Gasteiger partial charge in [0.05, 0.1) is 18.7 Å². The number of aliphatic hydroxyl groups is 1. The first kappa shape index (κ1) is 15.3. The molecular weight excluding hydrogens is 256 g/mol. The van der Waals surface area contributed by atoms with Crippen LogP contribution in [0.15, 0.2) is 18.3 Å². The summed E-state index contributed by atoms with van der Waals surface area (Å²) in [6, 6.07) is 3.12. The summed E-state index contributed by atoms with van der Waals surface area (Å²) >= 11 is 0. The molecule has 106 valence electrons. The molecular formula is C12H17F2N3O2. The van der Waals surface area contributed by atoms with E-state index in [9.17, 15) is 13.6 Å². The Bertz CT molecular complexity index is 398. The summed E-state index contributed by atoms with van der Waals surface area (Å²) in [5.41, 5.74) is 0.218. The van der Waals surface area contributed by atoms with E-state index in [0.29, 0.717) is 12.4 Å². The Morgan fingerprint density at radius 1 is 1.53 bits per heavy atom. The van der Waals surface area contributed by atoms with Gasteiger partial charge in [-0.1, -0.05) is 0 Å². The first-order chi connectivity index (χ1) is 9.08. The second kappa shape index (κ2) is 7.63. The molecule has 19 heavy (non-hydrogen) atoms. The van der Waals surface area contributed by atoms with E-state index in [1.807, 2.05) is 6.92 Å². The van der Waals surface area contributed by atoms with Crippen LogP contribution >= 0.6 is 0 Å². The topological polar surface area (TPSA) is 65.5 Å². The Kier molecular flexibility index (Phi) is 6.14. The number of hydrogen-bond acceptors (Lipinski definition) is 4. The number of nitrogens with zero attached hydrogens (tertiary/aromatic N) is 2. The van der Waals surface area contributed by atoms with E-state index in [4.69, 9.17) is 5.11 Å². The average Bonchev–Trinajstić information content (AvgIpc) is 2.38.